The first-order chi connectivity index (χ1) is 5.41. The van der Waals surface area contributed by atoms with Crippen molar-refractivity contribution in [1.82, 2.24) is 0 Å². The SMILES string of the molecule is C=C/C(=C\C(C)=C/C)C(F)(F)P. The van der Waals surface area contributed by atoms with Crippen LogP contribution in [0.5, 0.6) is 0 Å². The highest BCUT2D eigenvalue weighted by Gasteiger charge is 2.24. The quantitative estimate of drug-likeness (QED) is 0.471. The van der Waals surface area contributed by atoms with Crippen LogP contribution in [0, 0.1) is 0 Å². The predicted molar refractivity (Wildman–Crippen MR) is 52.4 cm³/mol. The molecule has 0 radical (unpaired) electrons. The molecule has 1 atom stereocenters. The second-order valence-corrected chi connectivity index (χ2v) is 3.18. The zero-order valence-electron chi connectivity index (χ0n) is 7.27. The van der Waals surface area contributed by atoms with Crippen LogP contribution in [-0.4, -0.2) is 5.66 Å². The summed E-state index contributed by atoms with van der Waals surface area (Å²) in [4.78, 5) is 0. The number of hydrogen-bond acceptors (Lipinski definition) is 0. The van der Waals surface area contributed by atoms with E-state index in [-0.39, 0.29) is 5.57 Å². The molecule has 12 heavy (non-hydrogen) atoms. The van der Waals surface area contributed by atoms with Crippen molar-refractivity contribution in [3.63, 3.8) is 0 Å². The van der Waals surface area contributed by atoms with Crippen LogP contribution >= 0.6 is 9.24 Å². The summed E-state index contributed by atoms with van der Waals surface area (Å²) in [5.74, 6) is 0. The van der Waals surface area contributed by atoms with Gasteiger partial charge < -0.3 is 0 Å². The molecule has 0 N–H and O–H groups in total. The van der Waals surface area contributed by atoms with Gasteiger partial charge in [0.25, 0.3) is 5.66 Å². The maximum atomic E-state index is 12.7. The highest BCUT2D eigenvalue weighted by molar-refractivity contribution is 7.18. The molecule has 0 aromatic carbocycles. The molecule has 0 spiro atoms. The fourth-order valence-corrected chi connectivity index (χ4v) is 0.821. The summed E-state index contributed by atoms with van der Waals surface area (Å²) in [6.45, 7) is 6.89. The molecule has 0 aromatic heterocycles. The standard InChI is InChI=1S/C9H13F2P/c1-4-7(3)6-8(5-2)9(10,11)12/h4-6H,2,12H2,1,3H3/b7-4-,8-6+. The Bertz CT molecular complexity index is 221. The van der Waals surface area contributed by atoms with E-state index in [1.807, 2.05) is 0 Å². The fourth-order valence-electron chi connectivity index (χ4n) is 0.620. The van der Waals surface area contributed by atoms with Crippen molar-refractivity contribution in [2.24, 2.45) is 0 Å². The van der Waals surface area contributed by atoms with Crippen molar-refractivity contribution in [3.8, 4) is 0 Å². The molecule has 0 aromatic rings. The Hall–Kier alpha value is -0.490. The van der Waals surface area contributed by atoms with E-state index in [9.17, 15) is 8.78 Å². The third kappa shape index (κ3) is 3.77. The van der Waals surface area contributed by atoms with Crippen LogP contribution in [0.25, 0.3) is 0 Å². The summed E-state index contributed by atoms with van der Waals surface area (Å²) in [6.07, 6.45) is 4.35. The maximum Gasteiger partial charge on any atom is 0.283 e. The fraction of sp³-hybridized carbons (Fsp3) is 0.333. The van der Waals surface area contributed by atoms with Crippen LogP contribution in [0.2, 0.25) is 0 Å². The lowest BCUT2D eigenvalue weighted by Gasteiger charge is -2.10. The number of rotatable bonds is 3. The Morgan fingerprint density at radius 1 is 1.50 bits per heavy atom. The van der Waals surface area contributed by atoms with Gasteiger partial charge in [0.15, 0.2) is 0 Å². The molecule has 3 heteroatoms. The highest BCUT2D eigenvalue weighted by Crippen LogP contribution is 2.32. The summed E-state index contributed by atoms with van der Waals surface area (Å²) in [6, 6.07) is 0. The van der Waals surface area contributed by atoms with Crippen LogP contribution < -0.4 is 0 Å². The first kappa shape index (κ1) is 11.5. The van der Waals surface area contributed by atoms with Crippen molar-refractivity contribution in [3.05, 3.63) is 36.0 Å². The van der Waals surface area contributed by atoms with E-state index in [1.165, 1.54) is 21.4 Å². The molecule has 0 saturated carbocycles. The summed E-state index contributed by atoms with van der Waals surface area (Å²) in [5, 5.41) is 0. The maximum absolute atomic E-state index is 12.7. The minimum atomic E-state index is -2.88. The summed E-state index contributed by atoms with van der Waals surface area (Å²) in [7, 11) is 1.49. The largest absolute Gasteiger partial charge is 0.283 e. The second-order valence-electron chi connectivity index (χ2n) is 2.46. The smallest absolute Gasteiger partial charge is 0.197 e. The Morgan fingerprint density at radius 2 is 2.00 bits per heavy atom. The topological polar surface area (TPSA) is 0 Å². The van der Waals surface area contributed by atoms with Crippen LogP contribution in [0.15, 0.2) is 36.0 Å². The van der Waals surface area contributed by atoms with Crippen molar-refractivity contribution in [2.45, 2.75) is 19.5 Å². The van der Waals surface area contributed by atoms with Crippen molar-refractivity contribution in [1.29, 1.82) is 0 Å². The number of allylic oxidation sites excluding steroid dienone is 5. The zero-order chi connectivity index (χ0) is 9.78. The summed E-state index contributed by atoms with van der Waals surface area (Å²) in [5.41, 5.74) is -2.17. The average Bonchev–Trinajstić information content (AvgIpc) is 1.97. The van der Waals surface area contributed by atoms with Gasteiger partial charge in [-0.2, -0.15) is 8.78 Å². The van der Waals surface area contributed by atoms with Crippen LogP contribution in [0.4, 0.5) is 8.78 Å². The molecule has 0 rings (SSSR count). The Morgan fingerprint density at radius 3 is 2.25 bits per heavy atom. The zero-order valence-corrected chi connectivity index (χ0v) is 8.43. The Balaban J connectivity index is 4.80. The van der Waals surface area contributed by atoms with E-state index < -0.39 is 5.66 Å². The minimum Gasteiger partial charge on any atom is -0.197 e. The monoisotopic (exact) mass is 190 g/mol. The molecule has 0 saturated heterocycles. The molecule has 0 fully saturated rings. The second kappa shape index (κ2) is 4.51. The molecule has 0 aliphatic heterocycles. The average molecular weight is 190 g/mol. The molecule has 68 valence electrons. The van der Waals surface area contributed by atoms with Crippen LogP contribution in [0.3, 0.4) is 0 Å². The molecule has 0 heterocycles. The number of hydrogen-bond donors (Lipinski definition) is 0. The molecular formula is C9H13F2P. The van der Waals surface area contributed by atoms with Gasteiger partial charge in [-0.05, 0) is 13.8 Å². The Kier molecular flexibility index (Phi) is 4.33. The van der Waals surface area contributed by atoms with E-state index in [0.717, 1.165) is 5.57 Å². The van der Waals surface area contributed by atoms with Crippen molar-refractivity contribution >= 4 is 9.24 Å². The third-order valence-electron chi connectivity index (χ3n) is 1.44. The number of alkyl halides is 2. The van der Waals surface area contributed by atoms with Gasteiger partial charge in [0, 0.05) is 5.57 Å². The van der Waals surface area contributed by atoms with Crippen LogP contribution in [-0.2, 0) is 0 Å². The normalized spacial score (nSPS) is 14.8. The lowest BCUT2D eigenvalue weighted by Crippen LogP contribution is -2.07. The van der Waals surface area contributed by atoms with Gasteiger partial charge in [-0.25, -0.2) is 0 Å². The predicted octanol–water partition coefficient (Wildman–Crippen LogP) is 3.53. The molecule has 0 amide bonds. The highest BCUT2D eigenvalue weighted by atomic mass is 31.0. The van der Waals surface area contributed by atoms with E-state index in [4.69, 9.17) is 0 Å². The molecular weight excluding hydrogens is 177 g/mol. The first-order valence-corrected chi connectivity index (χ1v) is 4.13. The lowest BCUT2D eigenvalue weighted by atomic mass is 10.1. The summed E-state index contributed by atoms with van der Waals surface area (Å²) >= 11 is 0. The van der Waals surface area contributed by atoms with Gasteiger partial charge >= 0.3 is 0 Å². The van der Waals surface area contributed by atoms with Crippen molar-refractivity contribution in [2.75, 3.05) is 0 Å². The molecule has 1 unspecified atom stereocenters. The van der Waals surface area contributed by atoms with E-state index in [1.54, 1.807) is 19.9 Å². The third-order valence-corrected chi connectivity index (χ3v) is 1.78. The van der Waals surface area contributed by atoms with Gasteiger partial charge in [0.05, 0.1) is 0 Å². The van der Waals surface area contributed by atoms with E-state index >= 15 is 0 Å². The molecule has 0 aliphatic rings. The number of halogens is 2. The molecule has 0 bridgehead atoms. The van der Waals surface area contributed by atoms with Gasteiger partial charge in [-0.3, -0.25) is 0 Å². The minimum absolute atomic E-state index is 0.0805. The van der Waals surface area contributed by atoms with Gasteiger partial charge in [0.1, 0.15) is 0 Å². The van der Waals surface area contributed by atoms with Gasteiger partial charge in [0.2, 0.25) is 0 Å². The molecule has 0 nitrogen and oxygen atoms in total. The molecule has 0 aliphatic carbocycles. The van der Waals surface area contributed by atoms with Gasteiger partial charge in [-0.15, -0.1) is 0 Å². The van der Waals surface area contributed by atoms with Gasteiger partial charge in [-0.1, -0.05) is 39.6 Å². The van der Waals surface area contributed by atoms with Crippen molar-refractivity contribution < 1.29 is 8.78 Å². The van der Waals surface area contributed by atoms with E-state index in [0.29, 0.717) is 0 Å². The Labute approximate surface area is 74.3 Å². The van der Waals surface area contributed by atoms with E-state index in [2.05, 4.69) is 6.58 Å². The van der Waals surface area contributed by atoms with Crippen LogP contribution in [0.1, 0.15) is 13.8 Å². The lowest BCUT2D eigenvalue weighted by molar-refractivity contribution is 0.151. The summed E-state index contributed by atoms with van der Waals surface area (Å²) < 4.78 is 25.4. The first-order valence-electron chi connectivity index (χ1n) is 3.56.